The lowest BCUT2D eigenvalue weighted by Gasteiger charge is -1.93. The van der Waals surface area contributed by atoms with Gasteiger partial charge in [-0.15, -0.1) is 0 Å². The van der Waals surface area contributed by atoms with Gasteiger partial charge in [0.1, 0.15) is 0 Å². The molecule has 0 spiro atoms. The molecule has 1 N–H and O–H groups in total. The van der Waals surface area contributed by atoms with Crippen molar-refractivity contribution >= 4 is 5.71 Å². The molecule has 0 aliphatic heterocycles. The van der Waals surface area contributed by atoms with Crippen LogP contribution in [0.5, 0.6) is 0 Å². The number of nitrogens with zero attached hydrogens (tertiary/aromatic N) is 2. The van der Waals surface area contributed by atoms with Crippen LogP contribution in [0.25, 0.3) is 0 Å². The molecule has 48 valence electrons. The summed E-state index contributed by atoms with van der Waals surface area (Å²) in [6.07, 6.45) is 2.63. The van der Waals surface area contributed by atoms with Gasteiger partial charge in [-0.3, -0.25) is 0 Å². The van der Waals surface area contributed by atoms with E-state index in [1.54, 1.807) is 0 Å². The SMILES string of the molecule is N#CC1CCCC1=NO. The van der Waals surface area contributed by atoms with Crippen molar-refractivity contribution in [2.75, 3.05) is 0 Å². The van der Waals surface area contributed by atoms with E-state index in [0.717, 1.165) is 19.3 Å². The third-order valence-corrected chi connectivity index (χ3v) is 1.61. The quantitative estimate of drug-likeness (QED) is 0.389. The van der Waals surface area contributed by atoms with Gasteiger partial charge < -0.3 is 5.21 Å². The van der Waals surface area contributed by atoms with Crippen molar-refractivity contribution < 1.29 is 5.21 Å². The summed E-state index contributed by atoms with van der Waals surface area (Å²) in [5, 5.41) is 19.8. The summed E-state index contributed by atoms with van der Waals surface area (Å²) < 4.78 is 0. The van der Waals surface area contributed by atoms with Crippen LogP contribution in [0.15, 0.2) is 5.16 Å². The van der Waals surface area contributed by atoms with Gasteiger partial charge in [0.2, 0.25) is 0 Å². The van der Waals surface area contributed by atoms with Crippen molar-refractivity contribution in [3.05, 3.63) is 0 Å². The molecule has 1 fully saturated rings. The molecule has 1 aliphatic rings. The number of hydrogen-bond donors (Lipinski definition) is 1. The number of rotatable bonds is 0. The molecule has 0 bridgehead atoms. The molecular formula is C6H8N2O. The predicted molar refractivity (Wildman–Crippen MR) is 32.2 cm³/mol. The molecule has 1 aliphatic carbocycles. The van der Waals surface area contributed by atoms with E-state index < -0.39 is 0 Å². The Bertz CT molecular complexity index is 168. The maximum atomic E-state index is 8.43. The van der Waals surface area contributed by atoms with Crippen LogP contribution in [0.1, 0.15) is 19.3 Å². The minimum Gasteiger partial charge on any atom is -0.411 e. The Morgan fingerprint density at radius 2 is 2.56 bits per heavy atom. The largest absolute Gasteiger partial charge is 0.411 e. The first kappa shape index (κ1) is 6.09. The van der Waals surface area contributed by atoms with Gasteiger partial charge in [-0.2, -0.15) is 5.26 Å². The highest BCUT2D eigenvalue weighted by Gasteiger charge is 2.21. The maximum absolute atomic E-state index is 8.43. The number of nitriles is 1. The van der Waals surface area contributed by atoms with Crippen LogP contribution < -0.4 is 0 Å². The first-order valence-electron chi connectivity index (χ1n) is 2.99. The van der Waals surface area contributed by atoms with Gasteiger partial charge in [0, 0.05) is 0 Å². The summed E-state index contributed by atoms with van der Waals surface area (Å²) in [4.78, 5) is 0. The fourth-order valence-electron chi connectivity index (χ4n) is 1.09. The average molecular weight is 124 g/mol. The molecule has 0 aromatic carbocycles. The molecule has 0 aromatic heterocycles. The van der Waals surface area contributed by atoms with E-state index in [1.807, 2.05) is 0 Å². The van der Waals surface area contributed by atoms with Crippen LogP contribution in [0, 0.1) is 17.2 Å². The van der Waals surface area contributed by atoms with Gasteiger partial charge in [0.15, 0.2) is 0 Å². The number of hydrogen-bond acceptors (Lipinski definition) is 3. The Hall–Kier alpha value is -1.04. The van der Waals surface area contributed by atoms with Crippen molar-refractivity contribution in [2.24, 2.45) is 11.1 Å². The lowest BCUT2D eigenvalue weighted by Crippen LogP contribution is -2.02. The molecule has 1 atom stereocenters. The van der Waals surface area contributed by atoms with Crippen molar-refractivity contribution in [3.63, 3.8) is 0 Å². The Kier molecular flexibility index (Phi) is 1.69. The van der Waals surface area contributed by atoms with Gasteiger partial charge in [-0.05, 0) is 19.3 Å². The minimum absolute atomic E-state index is 0.116. The fraction of sp³-hybridized carbons (Fsp3) is 0.667. The van der Waals surface area contributed by atoms with Crippen LogP contribution in [-0.2, 0) is 0 Å². The van der Waals surface area contributed by atoms with E-state index in [4.69, 9.17) is 10.5 Å². The van der Waals surface area contributed by atoms with Gasteiger partial charge >= 0.3 is 0 Å². The highest BCUT2D eigenvalue weighted by Crippen LogP contribution is 2.21. The predicted octanol–water partition coefficient (Wildman–Crippen LogP) is 1.14. The topological polar surface area (TPSA) is 56.4 Å². The van der Waals surface area contributed by atoms with Crippen molar-refractivity contribution in [1.82, 2.24) is 0 Å². The van der Waals surface area contributed by atoms with E-state index in [0.29, 0.717) is 5.71 Å². The molecule has 0 saturated heterocycles. The van der Waals surface area contributed by atoms with Crippen LogP contribution in [-0.4, -0.2) is 10.9 Å². The highest BCUT2D eigenvalue weighted by molar-refractivity contribution is 5.89. The summed E-state index contributed by atoms with van der Waals surface area (Å²) in [6, 6.07) is 2.07. The van der Waals surface area contributed by atoms with E-state index in [9.17, 15) is 0 Å². The molecule has 0 aromatic rings. The standard InChI is InChI=1S/C6H8N2O/c7-4-5-2-1-3-6(5)8-9/h5,9H,1-3H2. The Morgan fingerprint density at radius 3 is 3.00 bits per heavy atom. The summed E-state index contributed by atoms with van der Waals surface area (Å²) >= 11 is 0. The van der Waals surface area contributed by atoms with Crippen molar-refractivity contribution in [3.8, 4) is 6.07 Å². The average Bonchev–Trinajstić information content (AvgIpc) is 2.33. The molecule has 1 unspecified atom stereocenters. The fourth-order valence-corrected chi connectivity index (χ4v) is 1.09. The zero-order chi connectivity index (χ0) is 6.69. The molecule has 1 saturated carbocycles. The second-order valence-electron chi connectivity index (χ2n) is 2.17. The van der Waals surface area contributed by atoms with Crippen molar-refractivity contribution in [1.29, 1.82) is 5.26 Å². The second kappa shape index (κ2) is 2.49. The normalized spacial score (nSPS) is 30.6. The first-order chi connectivity index (χ1) is 4.38. The molecule has 3 nitrogen and oxygen atoms in total. The molecular weight excluding hydrogens is 116 g/mol. The number of oxime groups is 1. The molecule has 9 heavy (non-hydrogen) atoms. The molecule has 0 radical (unpaired) electrons. The molecule has 0 heterocycles. The van der Waals surface area contributed by atoms with Gasteiger partial charge in [-0.25, -0.2) is 0 Å². The van der Waals surface area contributed by atoms with E-state index in [1.165, 1.54) is 0 Å². The lowest BCUT2D eigenvalue weighted by molar-refractivity contribution is 0.316. The van der Waals surface area contributed by atoms with E-state index in [2.05, 4.69) is 11.2 Å². The lowest BCUT2D eigenvalue weighted by atomic mass is 10.1. The Morgan fingerprint density at radius 1 is 1.78 bits per heavy atom. The van der Waals surface area contributed by atoms with Gasteiger partial charge in [0.25, 0.3) is 0 Å². The first-order valence-corrected chi connectivity index (χ1v) is 2.99. The Balaban J connectivity index is 2.65. The summed E-state index contributed by atoms with van der Waals surface area (Å²) in [5.41, 5.74) is 0.650. The molecule has 1 rings (SSSR count). The zero-order valence-corrected chi connectivity index (χ0v) is 5.04. The highest BCUT2D eigenvalue weighted by atomic mass is 16.4. The summed E-state index contributed by atoms with van der Waals surface area (Å²) in [7, 11) is 0. The minimum atomic E-state index is -0.116. The van der Waals surface area contributed by atoms with E-state index in [-0.39, 0.29) is 5.92 Å². The summed E-state index contributed by atoms with van der Waals surface area (Å²) in [6.45, 7) is 0. The molecule has 3 heteroatoms. The third kappa shape index (κ3) is 1.02. The third-order valence-electron chi connectivity index (χ3n) is 1.61. The van der Waals surface area contributed by atoms with Gasteiger partial charge in [-0.1, -0.05) is 5.16 Å². The van der Waals surface area contributed by atoms with Gasteiger partial charge in [0.05, 0.1) is 17.7 Å². The van der Waals surface area contributed by atoms with Crippen molar-refractivity contribution in [2.45, 2.75) is 19.3 Å². The van der Waals surface area contributed by atoms with Crippen LogP contribution in [0.4, 0.5) is 0 Å². The smallest absolute Gasteiger partial charge is 0.0878 e. The summed E-state index contributed by atoms with van der Waals surface area (Å²) in [5.74, 6) is -0.116. The molecule has 0 amide bonds. The monoisotopic (exact) mass is 124 g/mol. The zero-order valence-electron chi connectivity index (χ0n) is 5.04. The van der Waals surface area contributed by atoms with E-state index >= 15 is 0 Å². The van der Waals surface area contributed by atoms with Crippen LogP contribution in [0.3, 0.4) is 0 Å². The van der Waals surface area contributed by atoms with Crippen LogP contribution in [0.2, 0.25) is 0 Å². The maximum Gasteiger partial charge on any atom is 0.0878 e. The Labute approximate surface area is 53.6 Å². The second-order valence-corrected chi connectivity index (χ2v) is 2.17. The van der Waals surface area contributed by atoms with Crippen LogP contribution >= 0.6 is 0 Å².